The Morgan fingerprint density at radius 2 is 2.12 bits per heavy atom. The van der Waals surface area contributed by atoms with Crippen LogP contribution in [0.5, 0.6) is 5.75 Å². The van der Waals surface area contributed by atoms with Crippen molar-refractivity contribution in [1.29, 1.82) is 0 Å². The van der Waals surface area contributed by atoms with Crippen LogP contribution in [0.3, 0.4) is 0 Å². The molecule has 4 heterocycles. The summed E-state index contributed by atoms with van der Waals surface area (Å²) in [5, 5.41) is 31.9. The fourth-order valence-corrected chi connectivity index (χ4v) is 3.75. The highest BCUT2D eigenvalue weighted by Crippen LogP contribution is 2.29. The maximum absolute atomic E-state index is 12.5. The Hall–Kier alpha value is -3.40. The number of carboxylic acids is 1. The first-order chi connectivity index (χ1) is 12.5. The molecule has 0 aliphatic heterocycles. The van der Waals surface area contributed by atoms with Crippen molar-refractivity contribution < 1.29 is 15.0 Å². The highest BCUT2D eigenvalue weighted by atomic mass is 32.1. The molecule has 0 saturated heterocycles. The van der Waals surface area contributed by atoms with Crippen molar-refractivity contribution in [2.75, 3.05) is 0 Å². The third-order valence-corrected chi connectivity index (χ3v) is 4.91. The molecule has 4 aromatic heterocycles. The second-order valence-electron chi connectivity index (χ2n) is 5.71. The molecule has 0 spiro atoms. The number of aromatic nitrogens is 5. The largest absolute Gasteiger partial charge is 0.502 e. The number of aromatic hydroxyl groups is 1. The van der Waals surface area contributed by atoms with Crippen LogP contribution < -0.4 is 5.56 Å². The Morgan fingerprint density at radius 3 is 2.85 bits per heavy atom. The highest BCUT2D eigenvalue weighted by Gasteiger charge is 2.22. The van der Waals surface area contributed by atoms with Gasteiger partial charge in [-0.15, -0.1) is 11.3 Å². The first kappa shape index (κ1) is 16.1. The maximum atomic E-state index is 12.5. The first-order valence-electron chi connectivity index (χ1n) is 7.60. The first-order valence-corrected chi connectivity index (χ1v) is 8.48. The van der Waals surface area contributed by atoms with Crippen molar-refractivity contribution in [2.45, 2.75) is 13.1 Å². The predicted molar refractivity (Wildman–Crippen MR) is 93.7 cm³/mol. The summed E-state index contributed by atoms with van der Waals surface area (Å²) in [7, 11) is 0. The van der Waals surface area contributed by atoms with E-state index in [1.807, 2.05) is 0 Å². The van der Waals surface area contributed by atoms with Crippen LogP contribution in [0.1, 0.15) is 21.5 Å². The molecule has 4 rings (SSSR count). The number of hydrogen-bond acceptors (Lipinski definition) is 6. The van der Waals surface area contributed by atoms with Crippen molar-refractivity contribution in [3.63, 3.8) is 0 Å². The third kappa shape index (κ3) is 2.65. The fourth-order valence-electron chi connectivity index (χ4n) is 2.82. The van der Waals surface area contributed by atoms with Gasteiger partial charge in [-0.25, -0.2) is 4.79 Å². The van der Waals surface area contributed by atoms with Crippen LogP contribution in [0, 0.1) is 0 Å². The van der Waals surface area contributed by atoms with E-state index in [-0.39, 0.29) is 12.1 Å². The van der Waals surface area contributed by atoms with Gasteiger partial charge in [0, 0.05) is 23.5 Å². The monoisotopic (exact) mass is 371 g/mol. The summed E-state index contributed by atoms with van der Waals surface area (Å²) in [4.78, 5) is 23.9. The smallest absolute Gasteiger partial charge is 0.341 e. The highest BCUT2D eigenvalue weighted by molar-refractivity contribution is 7.17. The molecule has 0 bridgehead atoms. The number of nitrogens with zero attached hydrogens (tertiary/aromatic N) is 4. The minimum Gasteiger partial charge on any atom is -0.502 e. The van der Waals surface area contributed by atoms with Gasteiger partial charge in [-0.3, -0.25) is 19.1 Å². The summed E-state index contributed by atoms with van der Waals surface area (Å²) in [5.74, 6) is -2.08. The summed E-state index contributed by atoms with van der Waals surface area (Å²) in [6, 6.07) is 1.67. The van der Waals surface area contributed by atoms with Gasteiger partial charge in [0.1, 0.15) is 5.56 Å². The predicted octanol–water partition coefficient (Wildman–Crippen LogP) is 1.48. The summed E-state index contributed by atoms with van der Waals surface area (Å²) in [6.07, 6.45) is 6.89. The van der Waals surface area contributed by atoms with Gasteiger partial charge in [-0.05, 0) is 11.4 Å². The van der Waals surface area contributed by atoms with Crippen LogP contribution >= 0.6 is 11.3 Å². The SMILES string of the molecule is O=C(O)c1c(O)c(=O)n(Cc2cnn(Cc3cn[nH]c3)c2)c2ccsc12. The molecule has 4 aromatic rings. The van der Waals surface area contributed by atoms with Gasteiger partial charge in [-0.2, -0.15) is 10.2 Å². The van der Waals surface area contributed by atoms with E-state index in [9.17, 15) is 19.8 Å². The van der Waals surface area contributed by atoms with Gasteiger partial charge in [0.2, 0.25) is 0 Å². The molecule has 0 aliphatic carbocycles. The Kier molecular flexibility index (Phi) is 3.81. The van der Waals surface area contributed by atoms with Crippen molar-refractivity contribution in [2.24, 2.45) is 0 Å². The van der Waals surface area contributed by atoms with E-state index in [4.69, 9.17) is 0 Å². The second-order valence-corrected chi connectivity index (χ2v) is 6.62. The second kappa shape index (κ2) is 6.15. The van der Waals surface area contributed by atoms with Crippen molar-refractivity contribution in [3.8, 4) is 5.75 Å². The zero-order valence-corrected chi connectivity index (χ0v) is 14.1. The quantitative estimate of drug-likeness (QED) is 0.488. The molecule has 26 heavy (non-hydrogen) atoms. The lowest BCUT2D eigenvalue weighted by Crippen LogP contribution is -2.22. The van der Waals surface area contributed by atoms with E-state index in [1.165, 1.54) is 15.9 Å². The van der Waals surface area contributed by atoms with Gasteiger partial charge in [0.15, 0.2) is 5.75 Å². The van der Waals surface area contributed by atoms with Crippen molar-refractivity contribution >= 4 is 27.5 Å². The number of H-pyrrole nitrogens is 1. The standard InChI is InChI=1S/C16H13N5O4S/c22-13-12(16(24)25)14-11(1-2-26-14)21(15(13)23)8-10-5-19-20(7-10)6-9-3-17-18-4-9/h1-5,7,22H,6,8H2,(H,17,18)(H,24,25). The van der Waals surface area contributed by atoms with Crippen LogP contribution in [-0.4, -0.2) is 40.7 Å². The molecular formula is C16H13N5O4S. The fraction of sp³-hybridized carbons (Fsp3) is 0.125. The minimum atomic E-state index is -1.33. The van der Waals surface area contributed by atoms with E-state index >= 15 is 0 Å². The molecule has 0 radical (unpaired) electrons. The molecule has 0 unspecified atom stereocenters. The van der Waals surface area contributed by atoms with E-state index in [2.05, 4.69) is 15.3 Å². The summed E-state index contributed by atoms with van der Waals surface area (Å²) in [5.41, 5.74) is 1.09. The lowest BCUT2D eigenvalue weighted by Gasteiger charge is -2.09. The van der Waals surface area contributed by atoms with Gasteiger partial charge in [0.05, 0.1) is 35.7 Å². The number of thiophene rings is 1. The van der Waals surface area contributed by atoms with E-state index in [0.29, 0.717) is 16.8 Å². The molecule has 9 nitrogen and oxygen atoms in total. The van der Waals surface area contributed by atoms with Gasteiger partial charge >= 0.3 is 5.97 Å². The molecule has 0 amide bonds. The third-order valence-electron chi connectivity index (χ3n) is 3.99. The zero-order valence-electron chi connectivity index (χ0n) is 13.3. The number of nitrogens with one attached hydrogen (secondary N) is 1. The van der Waals surface area contributed by atoms with E-state index < -0.39 is 17.3 Å². The lowest BCUT2D eigenvalue weighted by molar-refractivity contribution is 0.0695. The number of pyridine rings is 1. The summed E-state index contributed by atoms with van der Waals surface area (Å²) >= 11 is 1.17. The number of aromatic carboxylic acids is 1. The van der Waals surface area contributed by atoms with Crippen LogP contribution in [-0.2, 0) is 13.1 Å². The minimum absolute atomic E-state index is 0.172. The molecule has 0 aromatic carbocycles. The summed E-state index contributed by atoms with van der Waals surface area (Å²) < 4.78 is 3.43. The van der Waals surface area contributed by atoms with Crippen LogP contribution in [0.25, 0.3) is 10.2 Å². The van der Waals surface area contributed by atoms with Gasteiger partial charge < -0.3 is 10.2 Å². The van der Waals surface area contributed by atoms with Crippen molar-refractivity contribution in [1.82, 2.24) is 24.5 Å². The average Bonchev–Trinajstić information content (AvgIpc) is 3.34. The number of carboxylic acid groups (broad SMARTS) is 1. The van der Waals surface area contributed by atoms with E-state index in [0.717, 1.165) is 11.1 Å². The molecular weight excluding hydrogens is 358 g/mol. The number of carbonyl (C=O) groups is 1. The molecule has 0 saturated carbocycles. The number of rotatable bonds is 5. The van der Waals surface area contributed by atoms with Crippen molar-refractivity contribution in [3.05, 3.63) is 63.3 Å². The van der Waals surface area contributed by atoms with Crippen LogP contribution in [0.2, 0.25) is 0 Å². The van der Waals surface area contributed by atoms with Gasteiger partial charge in [-0.1, -0.05) is 0 Å². The molecule has 0 atom stereocenters. The summed E-state index contributed by atoms with van der Waals surface area (Å²) in [6.45, 7) is 0.702. The van der Waals surface area contributed by atoms with Crippen LogP contribution in [0.15, 0.2) is 41.0 Å². The maximum Gasteiger partial charge on any atom is 0.341 e. The Labute approximate surface area is 149 Å². The molecule has 10 heteroatoms. The Morgan fingerprint density at radius 1 is 1.27 bits per heavy atom. The molecule has 3 N–H and O–H groups in total. The number of hydrogen-bond donors (Lipinski definition) is 3. The number of aromatic amines is 1. The lowest BCUT2D eigenvalue weighted by atomic mass is 10.2. The zero-order chi connectivity index (χ0) is 18.3. The number of fused-ring (bicyclic) bond motifs is 1. The molecule has 0 fully saturated rings. The average molecular weight is 371 g/mol. The van der Waals surface area contributed by atoms with Crippen LogP contribution in [0.4, 0.5) is 0 Å². The van der Waals surface area contributed by atoms with Gasteiger partial charge in [0.25, 0.3) is 5.56 Å². The normalized spacial score (nSPS) is 11.2. The Balaban J connectivity index is 1.72. The molecule has 0 aliphatic rings. The topological polar surface area (TPSA) is 126 Å². The molecule has 132 valence electrons. The Bertz CT molecular complexity index is 1160. The van der Waals surface area contributed by atoms with E-state index in [1.54, 1.807) is 40.9 Å².